The fraction of sp³-hybridized carbons (Fsp3) is 0.889. The van der Waals surface area contributed by atoms with Gasteiger partial charge in [0.15, 0.2) is 6.17 Å². The Balaban J connectivity index is 0. The Morgan fingerprint density at radius 2 is 1.00 bits per heavy atom. The number of hydrogen-bond acceptors (Lipinski definition) is 0. The molecule has 0 saturated heterocycles. The quantitative estimate of drug-likeness (QED) is 0.323. The van der Waals surface area contributed by atoms with E-state index in [-0.39, 0.29) is 31.1 Å². The molecule has 13 heteroatoms. The van der Waals surface area contributed by atoms with E-state index >= 15 is 0 Å². The van der Waals surface area contributed by atoms with Crippen LogP contribution in [-0.4, -0.2) is 36.0 Å². The van der Waals surface area contributed by atoms with Crippen LogP contribution < -0.4 is 0 Å². The van der Waals surface area contributed by atoms with E-state index in [0.717, 1.165) is 0 Å². The molecule has 0 aromatic rings. The third-order valence-corrected chi connectivity index (χ3v) is 2.59. The Morgan fingerprint density at radius 1 is 0.682 bits per heavy atom. The van der Waals surface area contributed by atoms with Crippen LogP contribution in [0.4, 0.5) is 52.7 Å². The number of halogens is 12. The molecule has 0 spiro atoms. The van der Waals surface area contributed by atoms with Crippen LogP contribution >= 0.6 is 0 Å². The molecule has 0 aromatic carbocycles. The van der Waals surface area contributed by atoms with Gasteiger partial charge in [0.25, 0.3) is 0 Å². The Morgan fingerprint density at radius 3 is 1.18 bits per heavy atom. The summed E-state index contributed by atoms with van der Waals surface area (Å²) in [6.07, 6.45) is -29.8. The van der Waals surface area contributed by atoms with Crippen LogP contribution in [0.15, 0.2) is 0 Å². The van der Waals surface area contributed by atoms with E-state index < -0.39 is 48.9 Å². The first-order chi connectivity index (χ1) is 8.97. The van der Waals surface area contributed by atoms with Gasteiger partial charge in [-0.3, -0.25) is 0 Å². The minimum absolute atomic E-state index is 0. The molecule has 0 aliphatic carbocycles. The normalized spacial score (nSPS) is 18.4. The standard InChI is InChI=1S/C9H7F12.U/c1-2-3-5(11,7(13,14)15)4(10)6(12,8(16,17)18)9(19,20)21;/h4H,1-3H2;/q-1;. The predicted molar refractivity (Wildman–Crippen MR) is 45.3 cm³/mol. The molecule has 0 aliphatic heterocycles. The van der Waals surface area contributed by atoms with Crippen molar-refractivity contribution in [2.24, 2.45) is 0 Å². The van der Waals surface area contributed by atoms with Crippen molar-refractivity contribution in [1.29, 1.82) is 0 Å². The molecule has 0 bridgehead atoms. The summed E-state index contributed by atoms with van der Waals surface area (Å²) >= 11 is 0. The molecule has 0 aliphatic rings. The number of alkyl halides is 12. The molecule has 2 atom stereocenters. The summed E-state index contributed by atoms with van der Waals surface area (Å²) in [6.45, 7) is 2.58. The molecule has 0 aromatic heterocycles. The maximum atomic E-state index is 13.5. The van der Waals surface area contributed by atoms with Gasteiger partial charge in [-0.25, -0.2) is 13.2 Å². The first kappa shape index (κ1) is 24.5. The van der Waals surface area contributed by atoms with Crippen LogP contribution in [0.5, 0.6) is 0 Å². The average Bonchev–Trinajstić information content (AvgIpc) is 2.22. The van der Waals surface area contributed by atoms with Crippen molar-refractivity contribution >= 4 is 0 Å². The molecule has 0 rings (SSSR count). The van der Waals surface area contributed by atoms with Gasteiger partial charge in [0.2, 0.25) is 5.67 Å². The average molecular weight is 581 g/mol. The van der Waals surface area contributed by atoms with Gasteiger partial charge in [-0.05, 0) is 6.42 Å². The maximum Gasteiger partial charge on any atom is 0.434 e. The Labute approximate surface area is 140 Å². The van der Waals surface area contributed by atoms with Crippen LogP contribution in [0, 0.1) is 38.0 Å². The zero-order valence-corrected chi connectivity index (χ0v) is 14.4. The third-order valence-electron chi connectivity index (χ3n) is 2.59. The summed E-state index contributed by atoms with van der Waals surface area (Å²) < 4.78 is 150. The Kier molecular flexibility index (Phi) is 7.77. The summed E-state index contributed by atoms with van der Waals surface area (Å²) in [4.78, 5) is 0. The zero-order chi connectivity index (χ0) is 17.5. The van der Waals surface area contributed by atoms with Crippen molar-refractivity contribution in [3.8, 4) is 0 Å². The third kappa shape index (κ3) is 4.00. The molecule has 0 radical (unpaired) electrons. The minimum atomic E-state index is -7.14. The van der Waals surface area contributed by atoms with Crippen molar-refractivity contribution in [3.05, 3.63) is 6.92 Å². The van der Waals surface area contributed by atoms with Gasteiger partial charge in [-0.15, -0.1) is 0 Å². The van der Waals surface area contributed by atoms with Crippen molar-refractivity contribution in [2.75, 3.05) is 0 Å². The van der Waals surface area contributed by atoms with Gasteiger partial charge in [0.1, 0.15) is 0 Å². The van der Waals surface area contributed by atoms with Crippen LogP contribution in [-0.2, 0) is 0 Å². The van der Waals surface area contributed by atoms with Gasteiger partial charge >= 0.3 is 24.2 Å². The molecule has 132 valence electrons. The van der Waals surface area contributed by atoms with E-state index in [1.807, 2.05) is 0 Å². The summed E-state index contributed by atoms with van der Waals surface area (Å²) in [5.74, 6) is 0. The maximum absolute atomic E-state index is 13.5. The second kappa shape index (κ2) is 6.99. The van der Waals surface area contributed by atoms with Crippen molar-refractivity contribution in [2.45, 2.75) is 48.9 Å². The predicted octanol–water partition coefficient (Wildman–Crippen LogP) is 5.04. The first-order valence-corrected chi connectivity index (χ1v) is 4.98. The van der Waals surface area contributed by atoms with Crippen LogP contribution in [0.25, 0.3) is 0 Å². The molecule has 0 amide bonds. The largest absolute Gasteiger partial charge is 0.434 e. The molecular weight excluding hydrogens is 574 g/mol. The Hall–Kier alpha value is 0.212. The van der Waals surface area contributed by atoms with E-state index in [9.17, 15) is 52.7 Å². The van der Waals surface area contributed by atoms with Crippen LogP contribution in [0.2, 0.25) is 0 Å². The first-order valence-electron chi connectivity index (χ1n) is 4.98. The van der Waals surface area contributed by atoms with E-state index in [4.69, 9.17) is 0 Å². The van der Waals surface area contributed by atoms with Crippen molar-refractivity contribution < 1.29 is 83.8 Å². The second-order valence-electron chi connectivity index (χ2n) is 4.03. The smallest absolute Gasteiger partial charge is 0.343 e. The van der Waals surface area contributed by atoms with Gasteiger partial charge in [0, 0.05) is 31.1 Å². The molecule has 0 nitrogen and oxygen atoms in total. The van der Waals surface area contributed by atoms with Crippen LogP contribution in [0.3, 0.4) is 0 Å². The molecule has 0 heterocycles. The molecule has 0 saturated carbocycles. The summed E-state index contributed by atoms with van der Waals surface area (Å²) in [7, 11) is 0. The van der Waals surface area contributed by atoms with Gasteiger partial charge in [0.05, 0.1) is 0 Å². The van der Waals surface area contributed by atoms with E-state index in [2.05, 4.69) is 6.92 Å². The SMILES string of the molecule is [CH2-]CCC(F)(C(F)C(F)(C(F)(F)F)C(F)(F)F)C(F)(F)F.[U]. The number of hydrogen-bond donors (Lipinski definition) is 0. The molecule has 2 unspecified atom stereocenters. The molecule has 0 fully saturated rings. The van der Waals surface area contributed by atoms with E-state index in [0.29, 0.717) is 0 Å². The van der Waals surface area contributed by atoms with Crippen molar-refractivity contribution in [3.63, 3.8) is 0 Å². The second-order valence-corrected chi connectivity index (χ2v) is 4.03. The summed E-state index contributed by atoms with van der Waals surface area (Å²) in [5.41, 5.74) is -12.7. The van der Waals surface area contributed by atoms with E-state index in [1.165, 1.54) is 0 Å². The van der Waals surface area contributed by atoms with Gasteiger partial charge in [-0.1, -0.05) is 0 Å². The fourth-order valence-corrected chi connectivity index (χ4v) is 1.43. The summed E-state index contributed by atoms with van der Waals surface area (Å²) in [5, 5.41) is 0. The van der Waals surface area contributed by atoms with Gasteiger partial charge < -0.3 is 6.92 Å². The van der Waals surface area contributed by atoms with Gasteiger partial charge in [-0.2, -0.15) is 45.9 Å². The molecular formula is C9H7F12U-. The zero-order valence-electron chi connectivity index (χ0n) is 10.2. The minimum Gasteiger partial charge on any atom is -0.343 e. The van der Waals surface area contributed by atoms with Crippen molar-refractivity contribution in [1.82, 2.24) is 0 Å². The molecule has 22 heavy (non-hydrogen) atoms. The molecule has 0 N–H and O–H groups in total. The Bertz CT molecular complexity index is 341. The van der Waals surface area contributed by atoms with Crippen LogP contribution in [0.1, 0.15) is 12.8 Å². The topological polar surface area (TPSA) is 0 Å². The fourth-order valence-electron chi connectivity index (χ4n) is 1.43. The van der Waals surface area contributed by atoms with E-state index in [1.54, 1.807) is 0 Å². The summed E-state index contributed by atoms with van der Waals surface area (Å²) in [6, 6.07) is 0. The number of rotatable bonds is 4. The monoisotopic (exact) mass is 581 g/mol.